The Labute approximate surface area is 97.2 Å². The molecule has 0 bridgehead atoms. The number of hydrogen-bond acceptors (Lipinski definition) is 3. The minimum absolute atomic E-state index is 0.0189. The Morgan fingerprint density at radius 1 is 1.50 bits per heavy atom. The highest BCUT2D eigenvalue weighted by atomic mass is 16.3. The van der Waals surface area contributed by atoms with Crippen LogP contribution in [0.2, 0.25) is 0 Å². The Morgan fingerprint density at radius 3 is 2.62 bits per heavy atom. The van der Waals surface area contributed by atoms with Crippen LogP contribution in [-0.4, -0.2) is 59.6 Å². The lowest BCUT2D eigenvalue weighted by Gasteiger charge is -2.31. The van der Waals surface area contributed by atoms with Gasteiger partial charge >= 0.3 is 0 Å². The molecule has 2 aliphatic rings. The lowest BCUT2D eigenvalue weighted by atomic mass is 10.0. The number of carbonyl (C=O) groups is 1. The molecular formula is C12H22N2O2. The van der Waals surface area contributed by atoms with Crippen molar-refractivity contribution in [3.05, 3.63) is 0 Å². The van der Waals surface area contributed by atoms with Crippen LogP contribution in [0.25, 0.3) is 0 Å². The van der Waals surface area contributed by atoms with Gasteiger partial charge in [-0.2, -0.15) is 0 Å². The number of carbonyl (C=O) groups excluding carboxylic acids is 1. The molecule has 2 rings (SSSR count). The molecule has 1 aliphatic carbocycles. The third-order valence-corrected chi connectivity index (χ3v) is 4.01. The average Bonchev–Trinajstić information content (AvgIpc) is 2.76. The van der Waals surface area contributed by atoms with E-state index in [-0.39, 0.29) is 11.9 Å². The van der Waals surface area contributed by atoms with Crippen LogP contribution in [0, 0.1) is 0 Å². The van der Waals surface area contributed by atoms with Crippen LogP contribution in [0.3, 0.4) is 0 Å². The average molecular weight is 226 g/mol. The second kappa shape index (κ2) is 4.34. The van der Waals surface area contributed by atoms with Gasteiger partial charge in [0.2, 0.25) is 5.91 Å². The molecule has 0 aromatic rings. The normalized spacial score (nSPS) is 29.4. The Bertz CT molecular complexity index is 274. The zero-order chi connectivity index (χ0) is 11.8. The molecule has 0 spiro atoms. The van der Waals surface area contributed by atoms with Crippen molar-refractivity contribution in [2.45, 2.75) is 43.7 Å². The highest BCUT2D eigenvalue weighted by Gasteiger charge is 2.38. The fourth-order valence-corrected chi connectivity index (χ4v) is 2.98. The second-order valence-corrected chi connectivity index (χ2v) is 5.41. The third kappa shape index (κ3) is 2.23. The van der Waals surface area contributed by atoms with Crippen molar-refractivity contribution in [3.63, 3.8) is 0 Å². The van der Waals surface area contributed by atoms with Crippen LogP contribution in [0.4, 0.5) is 0 Å². The first-order valence-corrected chi connectivity index (χ1v) is 6.19. The Morgan fingerprint density at radius 2 is 2.12 bits per heavy atom. The van der Waals surface area contributed by atoms with Gasteiger partial charge in [0.05, 0.1) is 11.6 Å². The molecule has 16 heavy (non-hydrogen) atoms. The van der Waals surface area contributed by atoms with Gasteiger partial charge < -0.3 is 10.0 Å². The van der Waals surface area contributed by atoms with Crippen molar-refractivity contribution in [1.82, 2.24) is 9.80 Å². The molecule has 1 aliphatic heterocycles. The Hall–Kier alpha value is -0.610. The quantitative estimate of drug-likeness (QED) is 0.760. The van der Waals surface area contributed by atoms with E-state index in [2.05, 4.69) is 0 Å². The lowest BCUT2D eigenvalue weighted by Crippen LogP contribution is -2.46. The van der Waals surface area contributed by atoms with E-state index >= 15 is 0 Å². The van der Waals surface area contributed by atoms with E-state index < -0.39 is 5.60 Å². The summed E-state index contributed by atoms with van der Waals surface area (Å²) in [5.41, 5.74) is -0.545. The number of likely N-dealkylation sites (N-methyl/N-ethyl adjacent to an activating group) is 2. The van der Waals surface area contributed by atoms with Crippen molar-refractivity contribution < 1.29 is 9.90 Å². The smallest absolute Gasteiger partial charge is 0.239 e. The maximum atomic E-state index is 11.8. The van der Waals surface area contributed by atoms with E-state index in [9.17, 15) is 9.90 Å². The van der Waals surface area contributed by atoms with Crippen LogP contribution in [0.5, 0.6) is 0 Å². The van der Waals surface area contributed by atoms with Crippen LogP contribution in [0.1, 0.15) is 32.1 Å². The molecule has 1 unspecified atom stereocenters. The maximum absolute atomic E-state index is 11.8. The molecule has 1 atom stereocenters. The SMILES string of the molecule is CN1CCC(N(C)CC2(O)CCCC2)C1=O. The molecule has 0 aromatic heterocycles. The Kier molecular flexibility index (Phi) is 3.22. The molecule has 1 N–H and O–H groups in total. The zero-order valence-corrected chi connectivity index (χ0v) is 10.3. The molecule has 1 heterocycles. The maximum Gasteiger partial charge on any atom is 0.239 e. The van der Waals surface area contributed by atoms with E-state index in [1.54, 1.807) is 4.90 Å². The number of likely N-dealkylation sites (tertiary alicyclic amines) is 1. The summed E-state index contributed by atoms with van der Waals surface area (Å²) in [4.78, 5) is 15.6. The van der Waals surface area contributed by atoms with Crippen molar-refractivity contribution in [2.75, 3.05) is 27.2 Å². The molecule has 2 fully saturated rings. The molecule has 4 nitrogen and oxygen atoms in total. The largest absolute Gasteiger partial charge is 0.389 e. The molecule has 0 radical (unpaired) electrons. The molecule has 1 saturated carbocycles. The summed E-state index contributed by atoms with van der Waals surface area (Å²) in [7, 11) is 3.80. The van der Waals surface area contributed by atoms with Gasteiger partial charge in [-0.15, -0.1) is 0 Å². The van der Waals surface area contributed by atoms with E-state index in [0.29, 0.717) is 6.54 Å². The zero-order valence-electron chi connectivity index (χ0n) is 10.3. The topological polar surface area (TPSA) is 43.8 Å². The van der Waals surface area contributed by atoms with Gasteiger partial charge in [0, 0.05) is 20.1 Å². The molecular weight excluding hydrogens is 204 g/mol. The molecule has 1 saturated heterocycles. The predicted octanol–water partition coefficient (Wildman–Crippen LogP) is 0.454. The minimum Gasteiger partial charge on any atom is -0.389 e. The second-order valence-electron chi connectivity index (χ2n) is 5.41. The van der Waals surface area contributed by atoms with Crippen molar-refractivity contribution >= 4 is 5.91 Å². The first kappa shape index (κ1) is 11.9. The van der Waals surface area contributed by atoms with E-state index in [1.807, 2.05) is 19.0 Å². The molecule has 4 heteroatoms. The summed E-state index contributed by atoms with van der Waals surface area (Å²) >= 11 is 0. The number of rotatable bonds is 3. The lowest BCUT2D eigenvalue weighted by molar-refractivity contribution is -0.131. The van der Waals surface area contributed by atoms with Crippen LogP contribution in [-0.2, 0) is 4.79 Å². The summed E-state index contributed by atoms with van der Waals surface area (Å²) in [6.07, 6.45) is 4.88. The highest BCUT2D eigenvalue weighted by Crippen LogP contribution is 2.31. The van der Waals surface area contributed by atoms with E-state index in [0.717, 1.165) is 38.6 Å². The van der Waals surface area contributed by atoms with Gasteiger partial charge in [-0.05, 0) is 26.3 Å². The van der Waals surface area contributed by atoms with Gasteiger partial charge in [0.25, 0.3) is 0 Å². The summed E-state index contributed by atoms with van der Waals surface area (Å²) in [6.45, 7) is 1.48. The van der Waals surface area contributed by atoms with Gasteiger partial charge in [-0.3, -0.25) is 9.69 Å². The van der Waals surface area contributed by atoms with E-state index in [4.69, 9.17) is 0 Å². The van der Waals surface area contributed by atoms with Gasteiger partial charge in [0.15, 0.2) is 0 Å². The van der Waals surface area contributed by atoms with Gasteiger partial charge in [-0.25, -0.2) is 0 Å². The highest BCUT2D eigenvalue weighted by molar-refractivity contribution is 5.83. The summed E-state index contributed by atoms with van der Waals surface area (Å²) in [5.74, 6) is 0.198. The predicted molar refractivity (Wildman–Crippen MR) is 62.1 cm³/mol. The molecule has 1 amide bonds. The number of aliphatic hydroxyl groups is 1. The first-order valence-electron chi connectivity index (χ1n) is 6.19. The summed E-state index contributed by atoms with van der Waals surface area (Å²) < 4.78 is 0. The molecule has 0 aromatic carbocycles. The third-order valence-electron chi connectivity index (χ3n) is 4.01. The summed E-state index contributed by atoms with van der Waals surface area (Å²) in [5, 5.41) is 10.3. The van der Waals surface area contributed by atoms with Crippen molar-refractivity contribution in [2.24, 2.45) is 0 Å². The summed E-state index contributed by atoms with van der Waals surface area (Å²) in [6, 6.07) is -0.0189. The standard InChI is InChI=1S/C12H22N2O2/c1-13-8-5-10(11(13)15)14(2)9-12(16)6-3-4-7-12/h10,16H,3-9H2,1-2H3. The van der Waals surface area contributed by atoms with Crippen LogP contribution in [0.15, 0.2) is 0 Å². The monoisotopic (exact) mass is 226 g/mol. The van der Waals surface area contributed by atoms with Gasteiger partial charge in [-0.1, -0.05) is 12.8 Å². The van der Waals surface area contributed by atoms with Gasteiger partial charge in [0.1, 0.15) is 0 Å². The van der Waals surface area contributed by atoms with Crippen molar-refractivity contribution in [3.8, 4) is 0 Å². The van der Waals surface area contributed by atoms with Crippen molar-refractivity contribution in [1.29, 1.82) is 0 Å². The van der Waals surface area contributed by atoms with Crippen LogP contribution < -0.4 is 0 Å². The first-order chi connectivity index (χ1) is 7.52. The van der Waals surface area contributed by atoms with E-state index in [1.165, 1.54) is 0 Å². The number of hydrogen-bond donors (Lipinski definition) is 1. The number of amides is 1. The van der Waals surface area contributed by atoms with Crippen LogP contribution >= 0.6 is 0 Å². The molecule has 92 valence electrons. The fourth-order valence-electron chi connectivity index (χ4n) is 2.98. The fraction of sp³-hybridized carbons (Fsp3) is 0.917. The minimum atomic E-state index is -0.545. The number of nitrogens with zero attached hydrogens (tertiary/aromatic N) is 2. The Balaban J connectivity index is 1.93.